The summed E-state index contributed by atoms with van der Waals surface area (Å²) in [6, 6.07) is 19.8. The molecular formula is C28H30N4O4. The Kier molecular flexibility index (Phi) is 12.5. The van der Waals surface area contributed by atoms with Crippen molar-refractivity contribution in [2.45, 2.75) is 26.4 Å². The Bertz CT molecular complexity index is 1270. The molecular weight excluding hydrogens is 456 g/mol. The summed E-state index contributed by atoms with van der Waals surface area (Å²) in [5.41, 5.74) is 2.50. The van der Waals surface area contributed by atoms with E-state index in [0.29, 0.717) is 31.0 Å². The average Bonchev–Trinajstić information content (AvgIpc) is 3.40. The Morgan fingerprint density at radius 1 is 1.08 bits per heavy atom. The molecule has 0 spiro atoms. The van der Waals surface area contributed by atoms with Crippen LogP contribution < -0.4 is 5.56 Å². The number of ether oxygens (including phenoxy) is 1. The number of rotatable bonds is 8. The van der Waals surface area contributed by atoms with Crippen LogP contribution in [0.5, 0.6) is 0 Å². The van der Waals surface area contributed by atoms with Gasteiger partial charge in [0.05, 0.1) is 24.8 Å². The van der Waals surface area contributed by atoms with Crippen molar-refractivity contribution in [2.75, 3.05) is 7.11 Å². The van der Waals surface area contributed by atoms with Crippen LogP contribution >= 0.6 is 0 Å². The number of aldehydes is 1. The zero-order valence-corrected chi connectivity index (χ0v) is 20.5. The molecule has 0 aliphatic rings. The predicted octanol–water partition coefficient (Wildman–Crippen LogP) is 5.44. The van der Waals surface area contributed by atoms with Gasteiger partial charge in [0.15, 0.2) is 5.69 Å². The number of nitrogens with zero attached hydrogens (tertiary/aromatic N) is 3. The van der Waals surface area contributed by atoms with E-state index in [1.807, 2.05) is 73.7 Å². The van der Waals surface area contributed by atoms with E-state index in [2.05, 4.69) is 26.7 Å². The first kappa shape index (κ1) is 27.8. The molecule has 1 N–H and O–H groups in total. The molecule has 0 radical (unpaired) electrons. The van der Waals surface area contributed by atoms with E-state index < -0.39 is 0 Å². The van der Waals surface area contributed by atoms with Crippen molar-refractivity contribution >= 4 is 24.8 Å². The third-order valence-electron chi connectivity index (χ3n) is 4.50. The molecule has 0 aliphatic heterocycles. The minimum atomic E-state index is -0.319. The highest BCUT2D eigenvalue weighted by Gasteiger charge is 2.06. The fraction of sp³-hybridized carbons (Fsp3) is 0.179. The normalized spacial score (nSPS) is 10.1. The number of aliphatic imine (C=N–C) groups is 1. The van der Waals surface area contributed by atoms with Crippen molar-refractivity contribution in [1.29, 1.82) is 0 Å². The van der Waals surface area contributed by atoms with E-state index in [9.17, 15) is 9.59 Å². The fourth-order valence-electron chi connectivity index (χ4n) is 2.82. The molecule has 4 rings (SSSR count). The van der Waals surface area contributed by atoms with Crippen molar-refractivity contribution in [1.82, 2.24) is 15.0 Å². The molecule has 0 aliphatic carbocycles. The number of aromatic nitrogens is 3. The lowest BCUT2D eigenvalue weighted by atomic mass is 10.2. The summed E-state index contributed by atoms with van der Waals surface area (Å²) < 4.78 is 10.6. The van der Waals surface area contributed by atoms with E-state index in [1.165, 1.54) is 11.9 Å². The van der Waals surface area contributed by atoms with Crippen LogP contribution in [-0.2, 0) is 22.6 Å². The minimum Gasteiger partial charge on any atom is -0.441 e. The molecule has 2 aromatic carbocycles. The Labute approximate surface area is 210 Å². The van der Waals surface area contributed by atoms with E-state index in [1.54, 1.807) is 19.4 Å². The summed E-state index contributed by atoms with van der Waals surface area (Å²) in [5.74, 6) is 1.30. The highest BCUT2D eigenvalue weighted by Crippen LogP contribution is 2.19. The molecule has 0 amide bonds. The maximum absolute atomic E-state index is 11.6. The topological polar surface area (TPSA) is 110 Å². The molecule has 8 nitrogen and oxygen atoms in total. The van der Waals surface area contributed by atoms with Crippen molar-refractivity contribution < 1.29 is 13.9 Å². The molecule has 0 saturated heterocycles. The van der Waals surface area contributed by atoms with Gasteiger partial charge < -0.3 is 18.9 Å². The fourth-order valence-corrected chi connectivity index (χ4v) is 2.82. The maximum Gasteiger partial charge on any atom is 0.277 e. The van der Waals surface area contributed by atoms with Gasteiger partial charge in [0.2, 0.25) is 5.89 Å². The molecule has 4 aromatic rings. The Morgan fingerprint density at radius 3 is 2.36 bits per heavy atom. The SMILES string of the molecule is C=Nc1c(/C=C\Cc2cnc(-c3ccccc3)o2)nc[nH]c1=O.CCC=O.COCc1ccccc1. The zero-order chi connectivity index (χ0) is 26.0. The monoisotopic (exact) mass is 486 g/mol. The van der Waals surface area contributed by atoms with Gasteiger partial charge in [0, 0.05) is 25.5 Å². The molecule has 0 unspecified atom stereocenters. The van der Waals surface area contributed by atoms with Crippen LogP contribution in [0.25, 0.3) is 17.5 Å². The van der Waals surface area contributed by atoms with Gasteiger partial charge in [-0.1, -0.05) is 61.5 Å². The molecule has 0 fully saturated rings. The van der Waals surface area contributed by atoms with E-state index in [-0.39, 0.29) is 11.2 Å². The van der Waals surface area contributed by atoms with Crippen molar-refractivity contribution in [3.63, 3.8) is 0 Å². The smallest absolute Gasteiger partial charge is 0.277 e. The number of allylic oxidation sites excluding steroid dienone is 1. The maximum atomic E-state index is 11.6. The standard InChI is InChI=1S/C17H14N4O2.C8H10O.C3H6O/c1-18-15-14(20-11-21-16(15)22)9-5-8-13-10-19-17(23-13)12-6-3-2-4-7-12;1-9-7-8-5-3-2-4-6-8;1-2-3-4/h2-7,9-11H,1,8H2,(H,20,21,22);2-6H,7H2,1H3;3H,2H2,1H3/b9-5-;;. The summed E-state index contributed by atoms with van der Waals surface area (Å²) in [4.78, 5) is 35.2. The molecule has 36 heavy (non-hydrogen) atoms. The molecule has 8 heteroatoms. The van der Waals surface area contributed by atoms with E-state index in [4.69, 9.17) is 9.15 Å². The van der Waals surface area contributed by atoms with Gasteiger partial charge in [0.25, 0.3) is 5.56 Å². The van der Waals surface area contributed by atoms with Crippen molar-refractivity contribution in [2.24, 2.45) is 4.99 Å². The Morgan fingerprint density at radius 2 is 1.75 bits per heavy atom. The van der Waals surface area contributed by atoms with Crippen LogP contribution in [0.2, 0.25) is 0 Å². The van der Waals surface area contributed by atoms with Crippen LogP contribution in [0.15, 0.2) is 93.5 Å². The molecule has 2 aromatic heterocycles. The molecule has 0 saturated carbocycles. The first-order valence-electron chi connectivity index (χ1n) is 11.3. The third-order valence-corrected chi connectivity index (χ3v) is 4.50. The zero-order valence-electron chi connectivity index (χ0n) is 20.5. The number of H-pyrrole nitrogens is 1. The Balaban J connectivity index is 0.000000290. The second-order valence-electron chi connectivity index (χ2n) is 7.22. The van der Waals surface area contributed by atoms with Crippen LogP contribution in [-0.4, -0.2) is 35.1 Å². The molecule has 2 heterocycles. The van der Waals surface area contributed by atoms with Gasteiger partial charge in [-0.2, -0.15) is 0 Å². The van der Waals surface area contributed by atoms with Gasteiger partial charge in [-0.3, -0.25) is 9.79 Å². The van der Waals surface area contributed by atoms with Gasteiger partial charge in [-0.05, 0) is 30.5 Å². The number of carbonyl (C=O) groups excluding carboxylic acids is 1. The van der Waals surface area contributed by atoms with E-state index >= 15 is 0 Å². The largest absolute Gasteiger partial charge is 0.441 e. The first-order chi connectivity index (χ1) is 17.6. The average molecular weight is 487 g/mol. The number of benzene rings is 2. The number of oxazole rings is 1. The second-order valence-corrected chi connectivity index (χ2v) is 7.22. The number of carbonyl (C=O) groups is 1. The number of nitrogens with one attached hydrogen (secondary N) is 1. The second kappa shape index (κ2) is 16.2. The van der Waals surface area contributed by atoms with Crippen LogP contribution in [0, 0.1) is 0 Å². The summed E-state index contributed by atoms with van der Waals surface area (Å²) in [6.07, 6.45) is 8.61. The summed E-state index contributed by atoms with van der Waals surface area (Å²) >= 11 is 0. The van der Waals surface area contributed by atoms with Crippen LogP contribution in [0.3, 0.4) is 0 Å². The summed E-state index contributed by atoms with van der Waals surface area (Å²) in [7, 11) is 1.70. The lowest BCUT2D eigenvalue weighted by molar-refractivity contribution is -0.107. The first-order valence-corrected chi connectivity index (χ1v) is 11.3. The lowest BCUT2D eigenvalue weighted by Crippen LogP contribution is -2.06. The number of aromatic amines is 1. The molecule has 0 atom stereocenters. The van der Waals surface area contributed by atoms with Crippen LogP contribution in [0.4, 0.5) is 5.69 Å². The third kappa shape index (κ3) is 9.44. The highest BCUT2D eigenvalue weighted by atomic mass is 16.5. The lowest BCUT2D eigenvalue weighted by Gasteiger charge is -1.96. The quantitative estimate of drug-likeness (QED) is 0.262. The number of hydrogen-bond donors (Lipinski definition) is 1. The van der Waals surface area contributed by atoms with E-state index in [0.717, 1.165) is 17.6 Å². The number of methoxy groups -OCH3 is 1. The molecule has 186 valence electrons. The van der Waals surface area contributed by atoms with Gasteiger partial charge >= 0.3 is 0 Å². The summed E-state index contributed by atoms with van der Waals surface area (Å²) in [6.45, 7) is 5.90. The van der Waals surface area contributed by atoms with Gasteiger partial charge in [0.1, 0.15) is 12.0 Å². The van der Waals surface area contributed by atoms with Gasteiger partial charge in [-0.15, -0.1) is 0 Å². The minimum absolute atomic E-state index is 0.200. The predicted molar refractivity (Wildman–Crippen MR) is 142 cm³/mol. The van der Waals surface area contributed by atoms with Crippen LogP contribution in [0.1, 0.15) is 30.4 Å². The Hall–Kier alpha value is -4.43. The highest BCUT2D eigenvalue weighted by molar-refractivity contribution is 5.61. The number of hydrogen-bond acceptors (Lipinski definition) is 7. The van der Waals surface area contributed by atoms with Crippen molar-refractivity contribution in [3.8, 4) is 11.5 Å². The van der Waals surface area contributed by atoms with Gasteiger partial charge in [-0.25, -0.2) is 9.97 Å². The summed E-state index contributed by atoms with van der Waals surface area (Å²) in [5, 5.41) is 0. The van der Waals surface area contributed by atoms with Crippen molar-refractivity contribution in [3.05, 3.63) is 107 Å². The molecule has 0 bridgehead atoms.